The van der Waals surface area contributed by atoms with E-state index in [1.165, 1.54) is 217 Å². The summed E-state index contributed by atoms with van der Waals surface area (Å²) < 4.78 is 1.47. The second-order valence-electron chi connectivity index (χ2n) is 13.1. The molecule has 0 aliphatic rings. The Kier molecular flexibility index (Phi) is 31.5. The summed E-state index contributed by atoms with van der Waals surface area (Å²) in [6.45, 7) is 15.3. The van der Waals surface area contributed by atoms with Gasteiger partial charge in [0.1, 0.15) is 0 Å². The van der Waals surface area contributed by atoms with Gasteiger partial charge in [-0.3, -0.25) is 0 Å². The van der Waals surface area contributed by atoms with Crippen molar-refractivity contribution in [1.29, 1.82) is 0 Å². The van der Waals surface area contributed by atoms with Crippen LogP contribution >= 0.6 is 0 Å². The summed E-state index contributed by atoms with van der Waals surface area (Å²) in [7, 11) is 0. The van der Waals surface area contributed by atoms with Gasteiger partial charge in [-0.05, 0) is 51.4 Å². The number of unbranched alkanes of at least 4 members (excludes halogenated alkanes) is 25. The van der Waals surface area contributed by atoms with Crippen LogP contribution in [-0.2, 0) is 0 Å². The van der Waals surface area contributed by atoms with Crippen LogP contribution in [0.4, 0.5) is 0 Å². The highest BCUT2D eigenvalue weighted by atomic mass is 15.3. The second-order valence-corrected chi connectivity index (χ2v) is 13.1. The summed E-state index contributed by atoms with van der Waals surface area (Å²) in [4.78, 5) is 0. The largest absolute Gasteiger partial charge is 0.324 e. The molecule has 0 aromatic carbocycles. The van der Waals surface area contributed by atoms with Gasteiger partial charge in [0.05, 0.1) is 26.2 Å². The topological polar surface area (TPSA) is 0 Å². The third kappa shape index (κ3) is 26.2. The third-order valence-corrected chi connectivity index (χ3v) is 9.19. The molecule has 0 N–H and O–H groups in total. The molecular weight excluding hydrogens is 458 g/mol. The molecule has 0 saturated carbocycles. The highest BCUT2D eigenvalue weighted by molar-refractivity contribution is 4.55. The van der Waals surface area contributed by atoms with Crippen molar-refractivity contribution in [3.05, 3.63) is 0 Å². The van der Waals surface area contributed by atoms with E-state index in [1.807, 2.05) is 0 Å². The Hall–Kier alpha value is -0.0400. The van der Waals surface area contributed by atoms with Gasteiger partial charge in [0.25, 0.3) is 0 Å². The molecule has 1 nitrogen and oxygen atoms in total. The molecule has 38 heavy (non-hydrogen) atoms. The molecule has 0 fully saturated rings. The predicted molar refractivity (Wildman–Crippen MR) is 176 cm³/mol. The zero-order valence-electron chi connectivity index (χ0n) is 27.8. The maximum Gasteiger partial charge on any atom is 0.0786 e. The van der Waals surface area contributed by atoms with Crippen molar-refractivity contribution < 1.29 is 4.48 Å². The minimum Gasteiger partial charge on any atom is -0.324 e. The molecule has 0 aliphatic carbocycles. The average molecular weight is 537 g/mol. The minimum atomic E-state index is 1.37. The lowest BCUT2D eigenvalue weighted by Crippen LogP contribution is -2.50. The zero-order valence-corrected chi connectivity index (χ0v) is 27.8. The highest BCUT2D eigenvalue weighted by Crippen LogP contribution is 2.21. The molecule has 0 unspecified atom stereocenters. The summed E-state index contributed by atoms with van der Waals surface area (Å²) in [6.07, 6.45) is 42.3. The molecule has 0 rings (SSSR count). The average Bonchev–Trinajstić information content (AvgIpc) is 2.93. The molecule has 0 bridgehead atoms. The van der Waals surface area contributed by atoms with Gasteiger partial charge in [0, 0.05) is 0 Å². The van der Waals surface area contributed by atoms with Crippen LogP contribution in [0, 0.1) is 0 Å². The minimum absolute atomic E-state index is 1.37. The molecule has 0 aromatic heterocycles. The van der Waals surface area contributed by atoms with Crippen LogP contribution in [0.3, 0.4) is 0 Å². The number of hydrogen-bond donors (Lipinski definition) is 0. The molecule has 0 saturated heterocycles. The summed E-state index contributed by atoms with van der Waals surface area (Å²) in [5, 5.41) is 0. The van der Waals surface area contributed by atoms with Gasteiger partial charge in [0.15, 0.2) is 0 Å². The molecule has 0 aromatic rings. The maximum absolute atomic E-state index is 2.35. The van der Waals surface area contributed by atoms with E-state index in [0.717, 1.165) is 0 Å². The lowest BCUT2D eigenvalue weighted by atomic mass is 10.0. The van der Waals surface area contributed by atoms with E-state index in [-0.39, 0.29) is 0 Å². The van der Waals surface area contributed by atoms with E-state index in [2.05, 4.69) is 27.7 Å². The van der Waals surface area contributed by atoms with Gasteiger partial charge in [-0.25, -0.2) is 0 Å². The van der Waals surface area contributed by atoms with Crippen molar-refractivity contribution in [2.24, 2.45) is 0 Å². The molecule has 0 aliphatic heterocycles. The van der Waals surface area contributed by atoms with Crippen LogP contribution in [0.1, 0.15) is 214 Å². The molecule has 0 spiro atoms. The summed E-state index contributed by atoms with van der Waals surface area (Å²) >= 11 is 0. The molecular formula is C37H78N+. The van der Waals surface area contributed by atoms with Crippen molar-refractivity contribution in [1.82, 2.24) is 0 Å². The molecule has 0 amide bonds. The fraction of sp³-hybridized carbons (Fsp3) is 1.00. The summed E-state index contributed by atoms with van der Waals surface area (Å²) in [5.41, 5.74) is 0. The summed E-state index contributed by atoms with van der Waals surface area (Å²) in [6, 6.07) is 0. The van der Waals surface area contributed by atoms with Crippen molar-refractivity contribution in [2.45, 2.75) is 214 Å². The summed E-state index contributed by atoms with van der Waals surface area (Å²) in [5.74, 6) is 0. The van der Waals surface area contributed by atoms with Gasteiger partial charge in [-0.2, -0.15) is 0 Å². The first kappa shape index (κ1) is 38.0. The Morgan fingerprint density at radius 2 is 0.368 bits per heavy atom. The monoisotopic (exact) mass is 537 g/mol. The third-order valence-electron chi connectivity index (χ3n) is 9.19. The van der Waals surface area contributed by atoms with Crippen molar-refractivity contribution in [3.8, 4) is 0 Å². The fourth-order valence-electron chi connectivity index (χ4n) is 6.46. The van der Waals surface area contributed by atoms with Crippen LogP contribution in [0.5, 0.6) is 0 Å². The Morgan fingerprint density at radius 3 is 0.553 bits per heavy atom. The van der Waals surface area contributed by atoms with Crippen LogP contribution in [0.25, 0.3) is 0 Å². The highest BCUT2D eigenvalue weighted by Gasteiger charge is 2.25. The molecule has 0 heterocycles. The first-order chi connectivity index (χ1) is 18.7. The van der Waals surface area contributed by atoms with Gasteiger partial charge < -0.3 is 4.48 Å². The quantitative estimate of drug-likeness (QED) is 0.0577. The lowest BCUT2D eigenvalue weighted by molar-refractivity contribution is -0.929. The van der Waals surface area contributed by atoms with E-state index in [4.69, 9.17) is 0 Å². The molecule has 1 heteroatoms. The van der Waals surface area contributed by atoms with Crippen LogP contribution in [-0.4, -0.2) is 30.7 Å². The molecule has 0 atom stereocenters. The Bertz CT molecular complexity index is 381. The normalized spacial score (nSPS) is 12.0. The van der Waals surface area contributed by atoms with Gasteiger partial charge in [0.2, 0.25) is 0 Å². The van der Waals surface area contributed by atoms with E-state index < -0.39 is 0 Å². The first-order valence-corrected chi connectivity index (χ1v) is 18.6. The van der Waals surface area contributed by atoms with Gasteiger partial charge in [-0.15, -0.1) is 0 Å². The second kappa shape index (κ2) is 31.5. The fourth-order valence-corrected chi connectivity index (χ4v) is 6.46. The number of nitrogens with zero attached hydrogens (tertiary/aromatic N) is 1. The van der Waals surface area contributed by atoms with Crippen LogP contribution in [0.15, 0.2) is 0 Å². The standard InChI is InChI=1S/C37H78N/c1-5-9-13-17-18-19-20-21-22-23-24-25-29-33-37-38(34-30-26-14-10-6-2,35-31-27-15-11-7-3)36-32-28-16-12-8-4/h5-37H2,1-4H3/q+1. The van der Waals surface area contributed by atoms with E-state index in [1.54, 1.807) is 0 Å². The van der Waals surface area contributed by atoms with Crippen LogP contribution < -0.4 is 0 Å². The van der Waals surface area contributed by atoms with E-state index in [9.17, 15) is 0 Å². The Balaban J connectivity index is 4.40. The number of rotatable bonds is 33. The Morgan fingerprint density at radius 1 is 0.211 bits per heavy atom. The Labute approximate surface area is 244 Å². The van der Waals surface area contributed by atoms with Gasteiger partial charge >= 0.3 is 0 Å². The van der Waals surface area contributed by atoms with Crippen molar-refractivity contribution in [3.63, 3.8) is 0 Å². The predicted octanol–water partition coefficient (Wildman–Crippen LogP) is 13.2. The number of hydrogen-bond acceptors (Lipinski definition) is 0. The molecule has 230 valence electrons. The van der Waals surface area contributed by atoms with Crippen molar-refractivity contribution >= 4 is 0 Å². The molecule has 0 radical (unpaired) electrons. The van der Waals surface area contributed by atoms with Crippen LogP contribution in [0.2, 0.25) is 0 Å². The first-order valence-electron chi connectivity index (χ1n) is 18.6. The van der Waals surface area contributed by atoms with Crippen molar-refractivity contribution in [2.75, 3.05) is 26.2 Å². The van der Waals surface area contributed by atoms with E-state index >= 15 is 0 Å². The zero-order chi connectivity index (χ0) is 27.8. The number of quaternary nitrogens is 1. The van der Waals surface area contributed by atoms with Gasteiger partial charge in [-0.1, -0.05) is 163 Å². The SMILES string of the molecule is CCCCCCCCCCCCCCCC[N+](CCCCCCC)(CCCCCCC)CCCCCCC. The smallest absolute Gasteiger partial charge is 0.0786 e. The lowest BCUT2D eigenvalue weighted by Gasteiger charge is -2.40. The maximum atomic E-state index is 2.35. The van der Waals surface area contributed by atoms with E-state index in [0.29, 0.717) is 0 Å².